The molecule has 2 heterocycles. The summed E-state index contributed by atoms with van der Waals surface area (Å²) in [6.45, 7) is 0.684. The largest absolute Gasteiger partial charge is 0.269 e. The number of halogens is 2. The number of aryl methyl sites for hydroxylation is 1. The highest BCUT2D eigenvalue weighted by atomic mass is 32.2. The highest BCUT2D eigenvalue weighted by Crippen LogP contribution is 2.27. The normalized spacial score (nSPS) is 15.2. The van der Waals surface area contributed by atoms with Crippen LogP contribution in [0.4, 0.5) is 14.7 Å². The lowest BCUT2D eigenvalue weighted by atomic mass is 10.3. The first-order valence-electron chi connectivity index (χ1n) is 5.86. The van der Waals surface area contributed by atoms with E-state index < -0.39 is 26.6 Å². The van der Waals surface area contributed by atoms with E-state index in [0.717, 1.165) is 16.4 Å². The Morgan fingerprint density at radius 2 is 2.00 bits per heavy atom. The Balaban J connectivity index is 2.13. The molecule has 2 aromatic rings. The summed E-state index contributed by atoms with van der Waals surface area (Å²) in [5.74, 6) is -1.70. The van der Waals surface area contributed by atoms with Crippen molar-refractivity contribution in [2.45, 2.75) is 17.9 Å². The Hall–Kier alpha value is -2.03. The van der Waals surface area contributed by atoms with Gasteiger partial charge in [-0.3, -0.25) is 0 Å². The second-order valence-electron chi connectivity index (χ2n) is 4.29. The summed E-state index contributed by atoms with van der Waals surface area (Å²) in [5, 5.41) is 3.89. The maximum Gasteiger partial charge on any atom is 0.269 e. The first kappa shape index (κ1) is 13.0. The number of benzene rings is 1. The maximum atomic E-state index is 13.7. The Bertz CT molecular complexity index is 760. The molecule has 1 aromatic carbocycles. The topological polar surface area (TPSA) is 68.1 Å². The second kappa shape index (κ2) is 4.51. The van der Waals surface area contributed by atoms with Gasteiger partial charge in [-0.25, -0.2) is 26.2 Å². The monoisotopic (exact) mass is 300 g/mol. The van der Waals surface area contributed by atoms with Crippen molar-refractivity contribution in [1.82, 2.24) is 14.8 Å². The zero-order valence-corrected chi connectivity index (χ0v) is 11.0. The van der Waals surface area contributed by atoms with Gasteiger partial charge < -0.3 is 0 Å². The third-order valence-electron chi connectivity index (χ3n) is 3.01. The predicted molar refractivity (Wildman–Crippen MR) is 65.5 cm³/mol. The maximum absolute atomic E-state index is 13.7. The molecule has 0 saturated carbocycles. The summed E-state index contributed by atoms with van der Waals surface area (Å²) >= 11 is 0. The molecule has 0 spiro atoms. The van der Waals surface area contributed by atoms with E-state index in [-0.39, 0.29) is 12.5 Å². The molecule has 0 atom stereocenters. The van der Waals surface area contributed by atoms with Crippen LogP contribution in [0.3, 0.4) is 0 Å². The minimum atomic E-state index is -4.20. The lowest BCUT2D eigenvalue weighted by Gasteiger charge is -2.27. The van der Waals surface area contributed by atoms with Gasteiger partial charge >= 0.3 is 0 Å². The summed E-state index contributed by atoms with van der Waals surface area (Å²) in [6.07, 6.45) is 1.75. The molecule has 1 aliphatic heterocycles. The SMILES string of the molecule is O=S(=O)(c1cc(F)ccc1F)N1CCCn2ncnc21. The molecule has 0 N–H and O–H groups in total. The second-order valence-corrected chi connectivity index (χ2v) is 6.12. The van der Waals surface area contributed by atoms with Crippen molar-refractivity contribution in [3.05, 3.63) is 36.2 Å². The zero-order valence-electron chi connectivity index (χ0n) is 10.2. The fourth-order valence-electron chi connectivity index (χ4n) is 2.09. The van der Waals surface area contributed by atoms with Crippen LogP contribution in [0.2, 0.25) is 0 Å². The van der Waals surface area contributed by atoms with Crippen LogP contribution in [-0.2, 0) is 16.6 Å². The van der Waals surface area contributed by atoms with Gasteiger partial charge in [-0.05, 0) is 24.6 Å². The molecular weight excluding hydrogens is 290 g/mol. The van der Waals surface area contributed by atoms with Crippen molar-refractivity contribution in [2.24, 2.45) is 0 Å². The van der Waals surface area contributed by atoms with Gasteiger partial charge in [0.05, 0.1) is 0 Å². The molecule has 0 amide bonds. The van der Waals surface area contributed by atoms with E-state index >= 15 is 0 Å². The summed E-state index contributed by atoms with van der Waals surface area (Å²) in [5.41, 5.74) is 0. The number of aromatic nitrogens is 3. The molecule has 20 heavy (non-hydrogen) atoms. The summed E-state index contributed by atoms with van der Waals surface area (Å²) in [6, 6.07) is 2.32. The third kappa shape index (κ3) is 1.94. The van der Waals surface area contributed by atoms with Crippen molar-refractivity contribution in [3.8, 4) is 0 Å². The van der Waals surface area contributed by atoms with Crippen molar-refractivity contribution in [2.75, 3.05) is 10.8 Å². The van der Waals surface area contributed by atoms with Crippen LogP contribution in [-0.4, -0.2) is 29.7 Å². The third-order valence-corrected chi connectivity index (χ3v) is 4.81. The van der Waals surface area contributed by atoms with Crippen molar-refractivity contribution in [3.63, 3.8) is 0 Å². The predicted octanol–water partition coefficient (Wildman–Crippen LogP) is 1.16. The van der Waals surface area contributed by atoms with Gasteiger partial charge in [0.15, 0.2) is 0 Å². The first-order valence-corrected chi connectivity index (χ1v) is 7.30. The van der Waals surface area contributed by atoms with Crippen LogP contribution in [0, 0.1) is 11.6 Å². The number of nitrogens with zero attached hydrogens (tertiary/aromatic N) is 4. The number of rotatable bonds is 2. The molecule has 1 aliphatic rings. The smallest absolute Gasteiger partial charge is 0.234 e. The molecule has 3 rings (SSSR count). The van der Waals surface area contributed by atoms with Gasteiger partial charge in [-0.2, -0.15) is 10.1 Å². The molecule has 9 heteroatoms. The Morgan fingerprint density at radius 1 is 1.20 bits per heavy atom. The molecular formula is C11H10F2N4O2S. The number of fused-ring (bicyclic) bond motifs is 1. The van der Waals surface area contributed by atoms with E-state index in [1.54, 1.807) is 0 Å². The summed E-state index contributed by atoms with van der Waals surface area (Å²) in [4.78, 5) is 3.16. The molecule has 0 fully saturated rings. The van der Waals surface area contributed by atoms with Crippen molar-refractivity contribution < 1.29 is 17.2 Å². The summed E-state index contributed by atoms with van der Waals surface area (Å²) in [7, 11) is -4.20. The van der Waals surface area contributed by atoms with Gasteiger partial charge in [0, 0.05) is 13.1 Å². The molecule has 1 aromatic heterocycles. The molecule has 0 radical (unpaired) electrons. The van der Waals surface area contributed by atoms with Crippen LogP contribution >= 0.6 is 0 Å². The minimum absolute atomic E-state index is 0.111. The van der Waals surface area contributed by atoms with Crippen LogP contribution < -0.4 is 4.31 Å². The molecule has 0 saturated heterocycles. The van der Waals surface area contributed by atoms with Crippen LogP contribution in [0.15, 0.2) is 29.4 Å². The molecule has 106 valence electrons. The highest BCUT2D eigenvalue weighted by Gasteiger charge is 2.33. The number of hydrogen-bond donors (Lipinski definition) is 0. The van der Waals surface area contributed by atoms with Crippen molar-refractivity contribution >= 4 is 16.0 Å². The zero-order chi connectivity index (χ0) is 14.3. The minimum Gasteiger partial charge on any atom is -0.234 e. The average molecular weight is 300 g/mol. The number of hydrogen-bond acceptors (Lipinski definition) is 4. The molecule has 0 aliphatic carbocycles. The van der Waals surface area contributed by atoms with Crippen LogP contribution in [0.25, 0.3) is 0 Å². The standard InChI is InChI=1S/C11H10F2N4O2S/c12-8-2-3-9(13)10(6-8)20(18,19)17-5-1-4-16-11(17)14-7-15-16/h2-3,6-7H,1,4-5H2. The number of sulfonamides is 1. The van der Waals surface area contributed by atoms with Gasteiger partial charge in [-0.1, -0.05) is 0 Å². The lowest BCUT2D eigenvalue weighted by Crippen LogP contribution is -2.38. The van der Waals surface area contributed by atoms with Gasteiger partial charge in [-0.15, -0.1) is 0 Å². The van der Waals surface area contributed by atoms with E-state index in [1.807, 2.05) is 0 Å². The van der Waals surface area contributed by atoms with Gasteiger partial charge in [0.2, 0.25) is 5.95 Å². The lowest BCUT2D eigenvalue weighted by molar-refractivity contribution is 0.521. The Kier molecular flexibility index (Phi) is 2.93. The van der Waals surface area contributed by atoms with Crippen LogP contribution in [0.1, 0.15) is 6.42 Å². The van der Waals surface area contributed by atoms with Gasteiger partial charge in [0.25, 0.3) is 10.0 Å². The van der Waals surface area contributed by atoms with E-state index in [0.29, 0.717) is 19.0 Å². The van der Waals surface area contributed by atoms with Crippen molar-refractivity contribution in [1.29, 1.82) is 0 Å². The Labute approximate surface area is 113 Å². The highest BCUT2D eigenvalue weighted by molar-refractivity contribution is 7.92. The molecule has 0 unspecified atom stereocenters. The van der Waals surface area contributed by atoms with E-state index in [2.05, 4.69) is 10.1 Å². The van der Waals surface area contributed by atoms with Crippen LogP contribution in [0.5, 0.6) is 0 Å². The van der Waals surface area contributed by atoms with E-state index in [4.69, 9.17) is 0 Å². The Morgan fingerprint density at radius 3 is 2.80 bits per heavy atom. The number of anilines is 1. The van der Waals surface area contributed by atoms with Gasteiger partial charge in [0.1, 0.15) is 22.9 Å². The fourth-order valence-corrected chi connectivity index (χ4v) is 3.63. The first-order chi connectivity index (χ1) is 9.50. The average Bonchev–Trinajstić information content (AvgIpc) is 2.89. The fraction of sp³-hybridized carbons (Fsp3) is 0.273. The quantitative estimate of drug-likeness (QED) is 0.834. The van der Waals surface area contributed by atoms with E-state index in [9.17, 15) is 17.2 Å². The molecule has 0 bridgehead atoms. The van der Waals surface area contributed by atoms with E-state index in [1.165, 1.54) is 11.0 Å². The molecule has 6 nitrogen and oxygen atoms in total. The summed E-state index contributed by atoms with van der Waals surface area (Å²) < 4.78 is 54.2.